The van der Waals surface area contributed by atoms with Crippen LogP contribution >= 0.6 is 24.0 Å². The van der Waals surface area contributed by atoms with E-state index in [-0.39, 0.29) is 17.0 Å². The lowest BCUT2D eigenvalue weighted by molar-refractivity contribution is -0.121. The third-order valence-electron chi connectivity index (χ3n) is 5.67. The third kappa shape index (κ3) is 4.04. The molecule has 1 aromatic rings. The highest BCUT2D eigenvalue weighted by molar-refractivity contribution is 8.26. The number of thiocarbonyl (C=S) groups is 1. The molecule has 0 unspecified atom stereocenters. The van der Waals surface area contributed by atoms with Gasteiger partial charge >= 0.3 is 0 Å². The molecular weight excluding hydrogens is 418 g/mol. The van der Waals surface area contributed by atoms with Crippen LogP contribution in [0, 0.1) is 18.3 Å². The molecule has 7 nitrogen and oxygen atoms in total. The minimum absolute atomic E-state index is 0.137. The normalized spacial score (nSPS) is 19.1. The summed E-state index contributed by atoms with van der Waals surface area (Å²) in [5.41, 5.74) is 1.25. The van der Waals surface area contributed by atoms with Crippen molar-refractivity contribution in [3.8, 4) is 6.07 Å². The van der Waals surface area contributed by atoms with E-state index in [4.69, 9.17) is 12.2 Å². The molecule has 0 radical (unpaired) electrons. The Morgan fingerprint density at radius 1 is 1.20 bits per heavy atom. The zero-order valence-electron chi connectivity index (χ0n) is 17.9. The monoisotopic (exact) mass is 445 g/mol. The molecule has 0 atom stereocenters. The van der Waals surface area contributed by atoms with E-state index >= 15 is 0 Å². The number of piperazine rings is 1. The van der Waals surface area contributed by atoms with Crippen molar-refractivity contribution in [1.82, 2.24) is 14.4 Å². The smallest absolute Gasteiger partial charge is 0.270 e. The summed E-state index contributed by atoms with van der Waals surface area (Å²) in [6.07, 6.45) is 2.58. The molecule has 2 aliphatic rings. The van der Waals surface area contributed by atoms with Crippen molar-refractivity contribution < 1.29 is 4.79 Å². The van der Waals surface area contributed by atoms with Gasteiger partial charge in [0.1, 0.15) is 21.8 Å². The van der Waals surface area contributed by atoms with Crippen LogP contribution in [0.5, 0.6) is 0 Å². The van der Waals surface area contributed by atoms with Crippen LogP contribution in [0.25, 0.3) is 6.08 Å². The molecule has 0 saturated carbocycles. The Morgan fingerprint density at radius 3 is 2.37 bits per heavy atom. The molecule has 0 spiro atoms. The van der Waals surface area contributed by atoms with Gasteiger partial charge in [-0.25, -0.2) is 0 Å². The molecule has 2 aliphatic heterocycles. The topological polar surface area (TPSA) is 72.6 Å². The van der Waals surface area contributed by atoms with Gasteiger partial charge in [-0.2, -0.15) is 5.26 Å². The number of carbonyl (C=O) groups is 1. The van der Waals surface area contributed by atoms with Gasteiger partial charge in [-0.1, -0.05) is 37.8 Å². The summed E-state index contributed by atoms with van der Waals surface area (Å²) in [6.45, 7) is 10.9. The average Bonchev–Trinajstić information content (AvgIpc) is 2.99. The predicted molar refractivity (Wildman–Crippen MR) is 126 cm³/mol. The van der Waals surface area contributed by atoms with Gasteiger partial charge in [0.2, 0.25) is 0 Å². The van der Waals surface area contributed by atoms with E-state index in [0.717, 1.165) is 50.5 Å². The second-order valence-corrected chi connectivity index (χ2v) is 9.14. The standard InChI is InChI=1S/C21H27N5O2S2/c1-5-7-26-18(25-10-8-24(6-2)9-11-25)15(14(3)16(13-22)19(26)27)12-17-20(28)23(4)21(29)30-17/h12H,5-11H2,1-4H3/b17-12+. The molecular formula is C21H27N5O2S2. The number of pyridine rings is 1. The molecule has 9 heteroatoms. The van der Waals surface area contributed by atoms with Crippen LogP contribution in [-0.2, 0) is 11.3 Å². The number of likely N-dealkylation sites (N-methyl/N-ethyl adjacent to an activating group) is 2. The summed E-state index contributed by atoms with van der Waals surface area (Å²) >= 11 is 6.52. The zero-order chi connectivity index (χ0) is 22.0. The van der Waals surface area contributed by atoms with Gasteiger partial charge in [0.05, 0.1) is 4.91 Å². The Morgan fingerprint density at radius 2 is 1.87 bits per heavy atom. The van der Waals surface area contributed by atoms with Gasteiger partial charge < -0.3 is 9.80 Å². The van der Waals surface area contributed by atoms with Crippen molar-refractivity contribution in [2.24, 2.45) is 0 Å². The number of aromatic nitrogens is 1. The zero-order valence-corrected chi connectivity index (χ0v) is 19.5. The number of rotatable bonds is 5. The molecule has 1 aromatic heterocycles. The molecule has 2 saturated heterocycles. The van der Waals surface area contributed by atoms with E-state index < -0.39 is 0 Å². The van der Waals surface area contributed by atoms with Crippen molar-refractivity contribution in [2.75, 3.05) is 44.7 Å². The number of hydrogen-bond acceptors (Lipinski definition) is 7. The summed E-state index contributed by atoms with van der Waals surface area (Å²) < 4.78 is 2.22. The van der Waals surface area contributed by atoms with Gasteiger partial charge in [-0.3, -0.25) is 19.1 Å². The van der Waals surface area contributed by atoms with E-state index in [0.29, 0.717) is 21.3 Å². The van der Waals surface area contributed by atoms with E-state index in [1.165, 1.54) is 16.7 Å². The largest absolute Gasteiger partial charge is 0.355 e. The summed E-state index contributed by atoms with van der Waals surface area (Å²) in [6, 6.07) is 2.09. The molecule has 3 rings (SSSR count). The molecule has 160 valence electrons. The lowest BCUT2D eigenvalue weighted by Gasteiger charge is -2.37. The minimum Gasteiger partial charge on any atom is -0.355 e. The quantitative estimate of drug-likeness (QED) is 0.509. The fourth-order valence-corrected chi connectivity index (χ4v) is 5.03. The molecule has 0 aliphatic carbocycles. The highest BCUT2D eigenvalue weighted by Crippen LogP contribution is 2.35. The lowest BCUT2D eigenvalue weighted by Crippen LogP contribution is -2.48. The number of nitriles is 1. The second kappa shape index (κ2) is 9.33. The highest BCUT2D eigenvalue weighted by atomic mass is 32.2. The Balaban J connectivity index is 2.22. The second-order valence-electron chi connectivity index (χ2n) is 7.47. The first kappa shape index (κ1) is 22.5. The molecule has 3 heterocycles. The van der Waals surface area contributed by atoms with Crippen molar-refractivity contribution in [2.45, 2.75) is 33.7 Å². The number of hydrogen-bond donors (Lipinski definition) is 0. The SMILES string of the molecule is CCCn1c(N2CCN(CC)CC2)c(/C=C2/SC(=S)N(C)C2=O)c(C)c(C#N)c1=O. The van der Waals surface area contributed by atoms with Gasteiger partial charge in [-0.05, 0) is 31.5 Å². The predicted octanol–water partition coefficient (Wildman–Crippen LogP) is 2.41. The minimum atomic E-state index is -0.259. The van der Waals surface area contributed by atoms with Crippen molar-refractivity contribution in [1.29, 1.82) is 5.26 Å². The van der Waals surface area contributed by atoms with Crippen LogP contribution < -0.4 is 10.5 Å². The van der Waals surface area contributed by atoms with Crippen molar-refractivity contribution in [3.05, 3.63) is 31.9 Å². The first-order valence-electron chi connectivity index (χ1n) is 10.2. The van der Waals surface area contributed by atoms with E-state index in [1.54, 1.807) is 18.5 Å². The van der Waals surface area contributed by atoms with Gasteiger partial charge in [0.25, 0.3) is 11.5 Å². The van der Waals surface area contributed by atoms with Crippen molar-refractivity contribution >= 4 is 46.1 Å². The summed E-state index contributed by atoms with van der Waals surface area (Å²) in [5, 5.41) is 9.68. The van der Waals surface area contributed by atoms with Gasteiger partial charge in [0.15, 0.2) is 0 Å². The first-order valence-corrected chi connectivity index (χ1v) is 11.4. The third-order valence-corrected chi connectivity index (χ3v) is 7.16. The van der Waals surface area contributed by atoms with E-state index in [9.17, 15) is 14.9 Å². The number of amides is 1. The summed E-state index contributed by atoms with van der Waals surface area (Å²) in [4.78, 5) is 32.3. The maximum Gasteiger partial charge on any atom is 0.270 e. The number of nitrogens with zero attached hydrogens (tertiary/aromatic N) is 5. The number of carbonyl (C=O) groups excluding carboxylic acids is 1. The van der Waals surface area contributed by atoms with Crippen LogP contribution in [0.3, 0.4) is 0 Å². The Kier molecular flexibility index (Phi) is 7.01. The first-order chi connectivity index (χ1) is 14.3. The average molecular weight is 446 g/mol. The summed E-state index contributed by atoms with van der Waals surface area (Å²) in [5.74, 6) is 0.647. The van der Waals surface area contributed by atoms with Crippen LogP contribution in [0.15, 0.2) is 9.70 Å². The van der Waals surface area contributed by atoms with E-state index in [2.05, 4.69) is 22.8 Å². The number of thioether (sulfide) groups is 1. The Bertz CT molecular complexity index is 1000. The lowest BCUT2D eigenvalue weighted by atomic mass is 10.0. The van der Waals surface area contributed by atoms with Crippen LogP contribution in [0.1, 0.15) is 37.0 Å². The molecule has 0 N–H and O–H groups in total. The number of anilines is 1. The van der Waals surface area contributed by atoms with E-state index in [1.807, 2.05) is 13.0 Å². The van der Waals surface area contributed by atoms with Crippen LogP contribution in [0.2, 0.25) is 0 Å². The van der Waals surface area contributed by atoms with Crippen LogP contribution in [0.4, 0.5) is 5.82 Å². The molecule has 1 amide bonds. The van der Waals surface area contributed by atoms with Crippen molar-refractivity contribution in [3.63, 3.8) is 0 Å². The Hall–Kier alpha value is -2.15. The summed E-state index contributed by atoms with van der Waals surface area (Å²) in [7, 11) is 1.66. The van der Waals surface area contributed by atoms with Gasteiger partial charge in [-0.15, -0.1) is 0 Å². The molecule has 0 aromatic carbocycles. The van der Waals surface area contributed by atoms with Gasteiger partial charge in [0, 0.05) is 45.3 Å². The Labute approximate surface area is 186 Å². The molecule has 30 heavy (non-hydrogen) atoms. The fourth-order valence-electron chi connectivity index (χ4n) is 3.87. The molecule has 2 fully saturated rings. The van der Waals surface area contributed by atoms with Crippen LogP contribution in [-0.4, -0.2) is 64.4 Å². The molecule has 0 bridgehead atoms. The maximum absolute atomic E-state index is 13.1. The highest BCUT2D eigenvalue weighted by Gasteiger charge is 2.31. The fraction of sp³-hybridized carbons (Fsp3) is 0.524. The maximum atomic E-state index is 13.1.